The molecule has 150 valence electrons. The van der Waals surface area contributed by atoms with Crippen LogP contribution in [-0.2, 0) is 11.3 Å². The van der Waals surface area contributed by atoms with E-state index in [0.717, 1.165) is 44.5 Å². The summed E-state index contributed by atoms with van der Waals surface area (Å²) < 4.78 is 7.98. The van der Waals surface area contributed by atoms with Crippen LogP contribution in [0.5, 0.6) is 0 Å². The fourth-order valence-corrected chi connectivity index (χ4v) is 4.10. The lowest BCUT2D eigenvalue weighted by atomic mass is 10.1. The minimum absolute atomic E-state index is 0.000746. The van der Waals surface area contributed by atoms with Crippen molar-refractivity contribution in [3.63, 3.8) is 0 Å². The van der Waals surface area contributed by atoms with Gasteiger partial charge in [-0.05, 0) is 51.3 Å². The molecule has 28 heavy (non-hydrogen) atoms. The van der Waals surface area contributed by atoms with Crippen LogP contribution in [0.3, 0.4) is 0 Å². The summed E-state index contributed by atoms with van der Waals surface area (Å²) in [6.07, 6.45) is 3.99. The second kappa shape index (κ2) is 8.84. The van der Waals surface area contributed by atoms with Crippen molar-refractivity contribution in [3.8, 4) is 0 Å². The van der Waals surface area contributed by atoms with E-state index in [0.29, 0.717) is 31.4 Å². The zero-order chi connectivity index (χ0) is 19.3. The van der Waals surface area contributed by atoms with Crippen molar-refractivity contribution >= 4 is 5.91 Å². The molecule has 0 spiro atoms. The molecule has 0 aliphatic carbocycles. The van der Waals surface area contributed by atoms with Gasteiger partial charge in [-0.3, -0.25) is 4.79 Å². The maximum atomic E-state index is 13.0. The largest absolute Gasteiger partial charge is 0.373 e. The number of piperidine rings is 2. The van der Waals surface area contributed by atoms with Gasteiger partial charge in [0.2, 0.25) is 0 Å². The summed E-state index contributed by atoms with van der Waals surface area (Å²) >= 11 is 0. The molecule has 7 heteroatoms. The van der Waals surface area contributed by atoms with Gasteiger partial charge in [-0.25, -0.2) is 4.68 Å². The van der Waals surface area contributed by atoms with Gasteiger partial charge in [0.15, 0.2) is 5.69 Å². The predicted molar refractivity (Wildman–Crippen MR) is 106 cm³/mol. The highest BCUT2D eigenvalue weighted by molar-refractivity contribution is 5.93. The third kappa shape index (κ3) is 4.25. The van der Waals surface area contributed by atoms with E-state index in [9.17, 15) is 4.79 Å². The zero-order valence-corrected chi connectivity index (χ0v) is 16.5. The summed E-state index contributed by atoms with van der Waals surface area (Å²) in [6.45, 7) is 5.98. The molecular weight excluding hydrogens is 354 g/mol. The Balaban J connectivity index is 1.31. The molecular formula is C21H29N5O2. The van der Waals surface area contributed by atoms with E-state index < -0.39 is 0 Å². The lowest BCUT2D eigenvalue weighted by Crippen LogP contribution is -2.41. The van der Waals surface area contributed by atoms with Crippen molar-refractivity contribution in [2.75, 3.05) is 26.2 Å². The van der Waals surface area contributed by atoms with Crippen LogP contribution in [0.15, 0.2) is 30.3 Å². The van der Waals surface area contributed by atoms with E-state index in [-0.39, 0.29) is 12.0 Å². The lowest BCUT2D eigenvalue weighted by molar-refractivity contribution is -0.000527. The number of hydrogen-bond donors (Lipinski definition) is 1. The number of amides is 1. The molecule has 3 heterocycles. The third-order valence-electron chi connectivity index (χ3n) is 5.84. The Kier molecular flexibility index (Phi) is 6.02. The highest BCUT2D eigenvalue weighted by Gasteiger charge is 2.29. The molecule has 0 saturated carbocycles. The van der Waals surface area contributed by atoms with Crippen molar-refractivity contribution < 1.29 is 9.53 Å². The quantitative estimate of drug-likeness (QED) is 0.858. The van der Waals surface area contributed by atoms with Crippen LogP contribution in [0.2, 0.25) is 0 Å². The van der Waals surface area contributed by atoms with Gasteiger partial charge in [0.1, 0.15) is 0 Å². The number of aromatic nitrogens is 3. The van der Waals surface area contributed by atoms with Crippen molar-refractivity contribution in [1.82, 2.24) is 25.2 Å². The lowest BCUT2D eigenvalue weighted by Gasteiger charge is -2.31. The van der Waals surface area contributed by atoms with E-state index in [1.54, 1.807) is 0 Å². The Labute approximate surface area is 166 Å². The Bertz CT molecular complexity index is 777. The van der Waals surface area contributed by atoms with Crippen LogP contribution in [-0.4, -0.2) is 58.1 Å². The summed E-state index contributed by atoms with van der Waals surface area (Å²) in [5.41, 5.74) is 2.58. The van der Waals surface area contributed by atoms with Crippen LogP contribution in [0, 0.1) is 6.92 Å². The summed E-state index contributed by atoms with van der Waals surface area (Å²) in [7, 11) is 0. The van der Waals surface area contributed by atoms with Crippen molar-refractivity contribution in [2.24, 2.45) is 0 Å². The number of nitrogens with zero attached hydrogens (tertiary/aromatic N) is 4. The van der Waals surface area contributed by atoms with E-state index >= 15 is 0 Å². The van der Waals surface area contributed by atoms with Gasteiger partial charge in [0.05, 0.1) is 24.4 Å². The molecule has 7 nitrogen and oxygen atoms in total. The van der Waals surface area contributed by atoms with Crippen LogP contribution < -0.4 is 5.32 Å². The normalized spacial score (nSPS) is 19.1. The van der Waals surface area contributed by atoms with E-state index in [2.05, 4.69) is 27.8 Å². The average Bonchev–Trinajstić information content (AvgIpc) is 3.15. The van der Waals surface area contributed by atoms with E-state index in [1.807, 2.05) is 34.7 Å². The van der Waals surface area contributed by atoms with Crippen LogP contribution in [0.1, 0.15) is 53.5 Å². The number of benzene rings is 1. The molecule has 1 amide bonds. The Morgan fingerprint density at radius 2 is 1.86 bits per heavy atom. The Morgan fingerprint density at radius 1 is 1.14 bits per heavy atom. The first-order valence-electron chi connectivity index (χ1n) is 10.3. The first-order valence-corrected chi connectivity index (χ1v) is 10.3. The molecule has 1 N–H and O–H groups in total. The molecule has 2 aliphatic rings. The minimum atomic E-state index is -0.000746. The van der Waals surface area contributed by atoms with Crippen LogP contribution in [0.25, 0.3) is 0 Å². The third-order valence-corrected chi connectivity index (χ3v) is 5.84. The SMILES string of the molecule is Cc1c(C(=O)N2CCC(OCc3ccccc3)CC2)nnn1C1CCNCC1. The highest BCUT2D eigenvalue weighted by Crippen LogP contribution is 2.22. The molecule has 2 fully saturated rings. The van der Waals surface area contributed by atoms with Crippen LogP contribution in [0.4, 0.5) is 0 Å². The van der Waals surface area contributed by atoms with E-state index in [1.165, 1.54) is 5.56 Å². The molecule has 2 aliphatic heterocycles. The van der Waals surface area contributed by atoms with Crippen molar-refractivity contribution in [2.45, 2.75) is 51.4 Å². The smallest absolute Gasteiger partial charge is 0.276 e. The fourth-order valence-electron chi connectivity index (χ4n) is 4.10. The van der Waals surface area contributed by atoms with Crippen molar-refractivity contribution in [1.29, 1.82) is 0 Å². The molecule has 2 aromatic rings. The number of carbonyl (C=O) groups excluding carboxylic acids is 1. The summed E-state index contributed by atoms with van der Waals surface area (Å²) in [5, 5.41) is 11.9. The second-order valence-corrected chi connectivity index (χ2v) is 7.74. The molecule has 0 atom stereocenters. The maximum Gasteiger partial charge on any atom is 0.276 e. The van der Waals surface area contributed by atoms with Gasteiger partial charge < -0.3 is 15.0 Å². The summed E-state index contributed by atoms with van der Waals surface area (Å²) in [6, 6.07) is 10.6. The zero-order valence-electron chi connectivity index (χ0n) is 16.5. The van der Waals surface area contributed by atoms with Crippen LogP contribution >= 0.6 is 0 Å². The maximum absolute atomic E-state index is 13.0. The van der Waals surface area contributed by atoms with Gasteiger partial charge >= 0.3 is 0 Å². The van der Waals surface area contributed by atoms with Gasteiger partial charge in [-0.15, -0.1) is 5.10 Å². The van der Waals surface area contributed by atoms with Crippen molar-refractivity contribution in [3.05, 3.63) is 47.3 Å². The molecule has 0 radical (unpaired) electrons. The van der Waals surface area contributed by atoms with Gasteiger partial charge in [0.25, 0.3) is 5.91 Å². The minimum Gasteiger partial charge on any atom is -0.373 e. The number of nitrogens with one attached hydrogen (secondary N) is 1. The molecule has 1 aromatic heterocycles. The molecule has 1 aromatic carbocycles. The van der Waals surface area contributed by atoms with E-state index in [4.69, 9.17) is 4.74 Å². The summed E-state index contributed by atoms with van der Waals surface area (Å²) in [5.74, 6) is -0.000746. The molecule has 4 rings (SSSR count). The summed E-state index contributed by atoms with van der Waals surface area (Å²) in [4.78, 5) is 14.9. The van der Waals surface area contributed by atoms with Gasteiger partial charge in [0, 0.05) is 13.1 Å². The second-order valence-electron chi connectivity index (χ2n) is 7.74. The predicted octanol–water partition coefficient (Wildman–Crippen LogP) is 2.33. The Hall–Kier alpha value is -2.25. The first-order chi connectivity index (χ1) is 13.7. The van der Waals surface area contributed by atoms with Gasteiger partial charge in [-0.2, -0.15) is 0 Å². The van der Waals surface area contributed by atoms with Gasteiger partial charge in [-0.1, -0.05) is 35.5 Å². The average molecular weight is 383 g/mol. The topological polar surface area (TPSA) is 72.3 Å². The molecule has 0 unspecified atom stereocenters. The monoisotopic (exact) mass is 383 g/mol. The number of hydrogen-bond acceptors (Lipinski definition) is 5. The standard InChI is InChI=1S/C21H29N5O2/c1-16-20(23-24-26(16)18-7-11-22-12-8-18)21(27)25-13-9-19(10-14-25)28-15-17-5-3-2-4-6-17/h2-6,18-19,22H,7-15H2,1H3. The molecule has 0 bridgehead atoms. The highest BCUT2D eigenvalue weighted by atomic mass is 16.5. The Morgan fingerprint density at radius 3 is 2.57 bits per heavy atom. The number of carbonyl (C=O) groups is 1. The fraction of sp³-hybridized carbons (Fsp3) is 0.571. The first kappa shape index (κ1) is 19.1. The molecule has 2 saturated heterocycles. The number of ether oxygens (including phenoxy) is 1. The number of rotatable bonds is 5. The number of likely N-dealkylation sites (tertiary alicyclic amines) is 1.